The Morgan fingerprint density at radius 3 is 2.78 bits per heavy atom. The first-order valence-corrected chi connectivity index (χ1v) is 9.41. The fraction of sp³-hybridized carbons (Fsp3) is 0.158. The van der Waals surface area contributed by atoms with Gasteiger partial charge in [-0.2, -0.15) is 4.98 Å². The number of carbonyl (C=O) groups excluding carboxylic acids is 1. The van der Waals surface area contributed by atoms with Crippen LogP contribution >= 0.6 is 11.3 Å². The third-order valence-electron chi connectivity index (χ3n) is 4.29. The van der Waals surface area contributed by atoms with Crippen LogP contribution in [0.1, 0.15) is 35.1 Å². The summed E-state index contributed by atoms with van der Waals surface area (Å²) in [5.74, 6) is 1.75. The van der Waals surface area contributed by atoms with Gasteiger partial charge in [0.25, 0.3) is 11.8 Å². The lowest BCUT2D eigenvalue weighted by atomic mass is 10.1. The van der Waals surface area contributed by atoms with Gasteiger partial charge < -0.3 is 14.4 Å². The molecule has 134 valence electrons. The fourth-order valence-electron chi connectivity index (χ4n) is 2.71. The zero-order chi connectivity index (χ0) is 18.2. The second kappa shape index (κ2) is 6.48. The highest BCUT2D eigenvalue weighted by atomic mass is 32.1. The summed E-state index contributed by atoms with van der Waals surface area (Å²) in [5, 5.41) is 12.6. The molecule has 7 nitrogen and oxygen atoms in total. The van der Waals surface area contributed by atoms with E-state index in [0.29, 0.717) is 23.3 Å². The van der Waals surface area contributed by atoms with Crippen molar-refractivity contribution in [1.82, 2.24) is 15.3 Å². The molecule has 0 radical (unpaired) electrons. The number of benzene rings is 1. The van der Waals surface area contributed by atoms with Crippen LogP contribution in [0.4, 0.5) is 5.69 Å². The number of nitrogens with one attached hydrogen (secondary N) is 1. The molecular weight excluding hydrogens is 364 g/mol. The Morgan fingerprint density at radius 2 is 1.96 bits per heavy atom. The van der Waals surface area contributed by atoms with E-state index in [1.165, 1.54) is 11.3 Å². The van der Waals surface area contributed by atoms with Gasteiger partial charge in [-0.15, -0.1) is 11.3 Å². The molecule has 1 N–H and O–H groups in total. The van der Waals surface area contributed by atoms with Crippen molar-refractivity contribution in [3.8, 4) is 22.1 Å². The number of anilines is 1. The van der Waals surface area contributed by atoms with Gasteiger partial charge in [-0.3, -0.25) is 4.79 Å². The predicted octanol–water partition coefficient (Wildman–Crippen LogP) is 4.58. The predicted molar refractivity (Wildman–Crippen MR) is 99.5 cm³/mol. The molecule has 27 heavy (non-hydrogen) atoms. The fourth-order valence-corrected chi connectivity index (χ4v) is 3.48. The van der Waals surface area contributed by atoms with Crippen LogP contribution in [0.15, 0.2) is 56.9 Å². The average molecular weight is 378 g/mol. The molecule has 0 bridgehead atoms. The monoisotopic (exact) mass is 378 g/mol. The molecule has 4 aromatic rings. The Kier molecular flexibility index (Phi) is 3.83. The van der Waals surface area contributed by atoms with E-state index in [1.54, 1.807) is 12.1 Å². The topological polar surface area (TPSA) is 94.1 Å². The van der Waals surface area contributed by atoms with Gasteiger partial charge in [0, 0.05) is 17.5 Å². The second-order valence-electron chi connectivity index (χ2n) is 6.29. The summed E-state index contributed by atoms with van der Waals surface area (Å²) >= 11 is 1.43. The van der Waals surface area contributed by atoms with Crippen molar-refractivity contribution < 1.29 is 13.8 Å². The Hall–Kier alpha value is -3.26. The first-order chi connectivity index (χ1) is 13.3. The molecule has 1 saturated carbocycles. The Balaban J connectivity index is 1.36. The molecule has 0 spiro atoms. The minimum Gasteiger partial charge on any atom is -0.355 e. The lowest BCUT2D eigenvalue weighted by Gasteiger charge is -2.01. The standard InChI is InChI=1S/C19H14N4O3S/c24-18(14-10-15(25-22-14)11-4-2-1-3-5-11)20-13-8-9-27-16(13)19-21-17(23-26-19)12-6-7-12/h1-5,8-10,12H,6-7H2,(H,20,24). The van der Waals surface area contributed by atoms with Gasteiger partial charge in [0.15, 0.2) is 17.3 Å². The van der Waals surface area contributed by atoms with Gasteiger partial charge in [0.1, 0.15) is 4.88 Å². The zero-order valence-corrected chi connectivity index (χ0v) is 14.9. The van der Waals surface area contributed by atoms with E-state index in [1.807, 2.05) is 35.7 Å². The van der Waals surface area contributed by atoms with Crippen LogP contribution in [0.25, 0.3) is 22.1 Å². The number of nitrogens with zero attached hydrogens (tertiary/aromatic N) is 3. The molecule has 5 rings (SSSR count). The molecule has 1 aromatic carbocycles. The summed E-state index contributed by atoms with van der Waals surface area (Å²) in [6, 6.07) is 12.9. The largest absolute Gasteiger partial charge is 0.355 e. The Labute approximate surface area is 158 Å². The zero-order valence-electron chi connectivity index (χ0n) is 14.1. The van der Waals surface area contributed by atoms with Crippen LogP contribution < -0.4 is 5.32 Å². The van der Waals surface area contributed by atoms with E-state index in [0.717, 1.165) is 29.1 Å². The van der Waals surface area contributed by atoms with Crippen molar-refractivity contribution in [1.29, 1.82) is 0 Å². The highest BCUT2D eigenvalue weighted by Crippen LogP contribution is 2.40. The molecule has 3 aromatic heterocycles. The third kappa shape index (κ3) is 3.15. The van der Waals surface area contributed by atoms with E-state index < -0.39 is 0 Å². The maximum absolute atomic E-state index is 12.6. The van der Waals surface area contributed by atoms with E-state index in [4.69, 9.17) is 9.05 Å². The van der Waals surface area contributed by atoms with Crippen LogP contribution in [0.3, 0.4) is 0 Å². The van der Waals surface area contributed by atoms with E-state index in [-0.39, 0.29) is 11.6 Å². The van der Waals surface area contributed by atoms with E-state index >= 15 is 0 Å². The molecule has 8 heteroatoms. The van der Waals surface area contributed by atoms with Crippen LogP contribution in [-0.4, -0.2) is 21.2 Å². The smallest absolute Gasteiger partial charge is 0.277 e. The SMILES string of the molecule is O=C(Nc1ccsc1-c1nc(C2CC2)no1)c1cc(-c2ccccc2)on1. The minimum absolute atomic E-state index is 0.204. The van der Waals surface area contributed by atoms with Crippen molar-refractivity contribution in [3.63, 3.8) is 0 Å². The Bertz CT molecular complexity index is 1100. The molecule has 3 heterocycles. The molecule has 1 aliphatic rings. The number of amides is 1. The van der Waals surface area contributed by atoms with Crippen molar-refractivity contribution >= 4 is 22.9 Å². The third-order valence-corrected chi connectivity index (χ3v) is 5.20. The number of carbonyl (C=O) groups is 1. The highest BCUT2D eigenvalue weighted by molar-refractivity contribution is 7.14. The quantitative estimate of drug-likeness (QED) is 0.546. The molecule has 1 aliphatic carbocycles. The van der Waals surface area contributed by atoms with Crippen LogP contribution in [0.5, 0.6) is 0 Å². The molecule has 0 aliphatic heterocycles. The minimum atomic E-state index is -0.359. The summed E-state index contributed by atoms with van der Waals surface area (Å²) < 4.78 is 10.7. The average Bonchev–Trinajstić information content (AvgIpc) is 3.11. The molecule has 0 unspecified atom stereocenters. The summed E-state index contributed by atoms with van der Waals surface area (Å²) in [4.78, 5) is 17.7. The maximum Gasteiger partial charge on any atom is 0.277 e. The van der Waals surface area contributed by atoms with Crippen molar-refractivity contribution in [3.05, 3.63) is 59.4 Å². The lowest BCUT2D eigenvalue weighted by molar-refractivity contribution is 0.101. The van der Waals surface area contributed by atoms with E-state index in [2.05, 4.69) is 20.6 Å². The first kappa shape index (κ1) is 16.0. The van der Waals surface area contributed by atoms with Crippen LogP contribution in [0, 0.1) is 0 Å². The highest BCUT2D eigenvalue weighted by Gasteiger charge is 2.29. The van der Waals surface area contributed by atoms with Crippen molar-refractivity contribution in [2.45, 2.75) is 18.8 Å². The summed E-state index contributed by atoms with van der Waals surface area (Å²) in [6.45, 7) is 0. The molecule has 1 fully saturated rings. The van der Waals surface area contributed by atoms with Gasteiger partial charge in [-0.1, -0.05) is 40.6 Å². The van der Waals surface area contributed by atoms with Gasteiger partial charge in [0.05, 0.1) is 5.69 Å². The number of hydrogen-bond donors (Lipinski definition) is 1. The van der Waals surface area contributed by atoms with E-state index in [9.17, 15) is 4.79 Å². The lowest BCUT2D eigenvalue weighted by Crippen LogP contribution is -2.12. The second-order valence-corrected chi connectivity index (χ2v) is 7.21. The van der Waals surface area contributed by atoms with Crippen LogP contribution in [0.2, 0.25) is 0 Å². The van der Waals surface area contributed by atoms with Gasteiger partial charge in [0.2, 0.25) is 0 Å². The molecule has 0 saturated heterocycles. The van der Waals surface area contributed by atoms with Crippen molar-refractivity contribution in [2.24, 2.45) is 0 Å². The number of aromatic nitrogens is 3. The van der Waals surface area contributed by atoms with Gasteiger partial charge >= 0.3 is 0 Å². The maximum atomic E-state index is 12.6. The summed E-state index contributed by atoms with van der Waals surface area (Å²) in [7, 11) is 0. The summed E-state index contributed by atoms with van der Waals surface area (Å²) in [5.41, 5.74) is 1.68. The number of rotatable bonds is 5. The van der Waals surface area contributed by atoms with Gasteiger partial charge in [-0.05, 0) is 24.3 Å². The summed E-state index contributed by atoms with van der Waals surface area (Å²) in [6.07, 6.45) is 2.20. The number of thiophene rings is 1. The van der Waals surface area contributed by atoms with Crippen molar-refractivity contribution in [2.75, 3.05) is 5.32 Å². The normalized spacial score (nSPS) is 13.6. The molecule has 1 amide bonds. The number of hydrogen-bond acceptors (Lipinski definition) is 7. The first-order valence-electron chi connectivity index (χ1n) is 8.53. The van der Waals surface area contributed by atoms with Gasteiger partial charge in [-0.25, -0.2) is 0 Å². The Morgan fingerprint density at radius 1 is 1.11 bits per heavy atom. The molecular formula is C19H14N4O3S. The van der Waals surface area contributed by atoms with Crippen LogP contribution in [-0.2, 0) is 0 Å². The molecule has 0 atom stereocenters.